The number of ether oxygens (including phenoxy) is 1. The number of nitrogen functional groups attached to an aromatic ring is 2. The van der Waals surface area contributed by atoms with Crippen LogP contribution in [0.15, 0.2) is 54.6 Å². The molecule has 0 saturated heterocycles. The first-order valence-corrected chi connectivity index (χ1v) is 5.75. The normalized spacial score (nSPS) is 10.5. The number of rotatable bonds is 3. The highest BCUT2D eigenvalue weighted by Crippen LogP contribution is 2.17. The van der Waals surface area contributed by atoms with Crippen molar-refractivity contribution < 1.29 is 9.53 Å². The minimum absolute atomic E-state index is 0.456. The van der Waals surface area contributed by atoms with Gasteiger partial charge in [0, 0.05) is 17.5 Å². The van der Waals surface area contributed by atoms with Gasteiger partial charge in [-0.15, -0.1) is 0 Å². The maximum Gasteiger partial charge on any atom is 0.336 e. The van der Waals surface area contributed by atoms with Crippen LogP contribution in [-0.2, 0) is 4.79 Å². The summed E-state index contributed by atoms with van der Waals surface area (Å²) in [5.41, 5.74) is 13.2. The highest BCUT2D eigenvalue weighted by Gasteiger charge is 2.00. The summed E-state index contributed by atoms with van der Waals surface area (Å²) < 4.78 is 5.11. The van der Waals surface area contributed by atoms with Crippen LogP contribution in [0.1, 0.15) is 5.56 Å². The largest absolute Gasteiger partial charge is 0.423 e. The minimum Gasteiger partial charge on any atom is -0.423 e. The lowest BCUT2D eigenvalue weighted by Gasteiger charge is -2.02. The third-order valence-electron chi connectivity index (χ3n) is 2.47. The summed E-state index contributed by atoms with van der Waals surface area (Å²) in [5.74, 6) is 0.0462. The topological polar surface area (TPSA) is 78.3 Å². The zero-order valence-corrected chi connectivity index (χ0v) is 10.2. The molecule has 0 aliphatic heterocycles. The van der Waals surface area contributed by atoms with Crippen LogP contribution >= 0.6 is 0 Å². The molecule has 2 rings (SSSR count). The van der Waals surface area contributed by atoms with Gasteiger partial charge in [-0.2, -0.15) is 0 Å². The van der Waals surface area contributed by atoms with E-state index in [0.717, 1.165) is 5.56 Å². The molecule has 4 nitrogen and oxygen atoms in total. The molecular formula is C15H14N2O2. The van der Waals surface area contributed by atoms with E-state index in [1.54, 1.807) is 48.5 Å². The van der Waals surface area contributed by atoms with Gasteiger partial charge in [-0.1, -0.05) is 24.3 Å². The number of para-hydroxylation sites is 1. The number of benzene rings is 2. The summed E-state index contributed by atoms with van der Waals surface area (Å²) in [7, 11) is 0. The van der Waals surface area contributed by atoms with E-state index in [1.807, 2.05) is 6.07 Å². The van der Waals surface area contributed by atoms with Crippen LogP contribution in [0.2, 0.25) is 0 Å². The Hall–Kier alpha value is -2.75. The quantitative estimate of drug-likeness (QED) is 0.382. The van der Waals surface area contributed by atoms with E-state index in [2.05, 4.69) is 0 Å². The van der Waals surface area contributed by atoms with Crippen LogP contribution in [0.4, 0.5) is 11.4 Å². The van der Waals surface area contributed by atoms with Gasteiger partial charge < -0.3 is 16.2 Å². The van der Waals surface area contributed by atoms with Crippen LogP contribution in [-0.4, -0.2) is 5.97 Å². The Balaban J connectivity index is 2.04. The van der Waals surface area contributed by atoms with Gasteiger partial charge in [0.15, 0.2) is 0 Å². The number of hydrogen-bond acceptors (Lipinski definition) is 4. The highest BCUT2D eigenvalue weighted by atomic mass is 16.5. The lowest BCUT2D eigenvalue weighted by Crippen LogP contribution is -2.03. The maximum absolute atomic E-state index is 11.6. The van der Waals surface area contributed by atoms with E-state index in [4.69, 9.17) is 16.2 Å². The van der Waals surface area contributed by atoms with Crippen molar-refractivity contribution in [2.24, 2.45) is 0 Å². The van der Waals surface area contributed by atoms with E-state index in [9.17, 15) is 4.79 Å². The highest BCUT2D eigenvalue weighted by molar-refractivity contribution is 5.89. The monoisotopic (exact) mass is 254 g/mol. The zero-order valence-electron chi connectivity index (χ0n) is 10.2. The summed E-state index contributed by atoms with van der Waals surface area (Å²) in [6.07, 6.45) is 2.93. The molecule has 2 aromatic rings. The maximum atomic E-state index is 11.6. The second-order valence-corrected chi connectivity index (χ2v) is 3.96. The number of carbonyl (C=O) groups excluding carboxylic acids is 1. The molecule has 0 aliphatic carbocycles. The first kappa shape index (κ1) is 12.7. The predicted molar refractivity (Wildman–Crippen MR) is 76.4 cm³/mol. The van der Waals surface area contributed by atoms with Crippen LogP contribution in [0.25, 0.3) is 6.08 Å². The summed E-state index contributed by atoms with van der Waals surface area (Å²) in [6.45, 7) is 0. The third kappa shape index (κ3) is 3.61. The Morgan fingerprint density at radius 3 is 2.47 bits per heavy atom. The third-order valence-corrected chi connectivity index (χ3v) is 2.47. The Morgan fingerprint density at radius 1 is 1.05 bits per heavy atom. The van der Waals surface area contributed by atoms with Gasteiger partial charge in [0.25, 0.3) is 0 Å². The molecule has 4 heteroatoms. The Labute approximate surface area is 111 Å². The average molecular weight is 254 g/mol. The van der Waals surface area contributed by atoms with Gasteiger partial charge in [-0.25, -0.2) is 4.79 Å². The van der Waals surface area contributed by atoms with E-state index in [0.29, 0.717) is 17.1 Å². The van der Waals surface area contributed by atoms with Crippen molar-refractivity contribution in [3.8, 4) is 5.75 Å². The molecule has 4 N–H and O–H groups in total. The Morgan fingerprint density at radius 2 is 1.79 bits per heavy atom. The van der Waals surface area contributed by atoms with Crippen LogP contribution < -0.4 is 16.2 Å². The second kappa shape index (κ2) is 5.73. The van der Waals surface area contributed by atoms with E-state index >= 15 is 0 Å². The van der Waals surface area contributed by atoms with E-state index in [-0.39, 0.29) is 0 Å². The molecule has 0 aliphatic rings. The second-order valence-electron chi connectivity index (χ2n) is 3.96. The molecule has 96 valence electrons. The van der Waals surface area contributed by atoms with Crippen molar-refractivity contribution in [1.82, 2.24) is 0 Å². The molecule has 19 heavy (non-hydrogen) atoms. The summed E-state index contributed by atoms with van der Waals surface area (Å²) in [4.78, 5) is 11.6. The molecular weight excluding hydrogens is 240 g/mol. The molecule has 0 heterocycles. The van der Waals surface area contributed by atoms with Crippen molar-refractivity contribution in [2.75, 3.05) is 11.5 Å². The fourth-order valence-corrected chi connectivity index (χ4v) is 1.54. The van der Waals surface area contributed by atoms with Gasteiger partial charge in [-0.05, 0) is 35.9 Å². The standard InChI is InChI=1S/C15H14N2O2/c16-12-8-6-11(14(17)10-12)7-9-15(18)19-13-4-2-1-3-5-13/h1-10H,16-17H2/b9-7+. The summed E-state index contributed by atoms with van der Waals surface area (Å²) in [6, 6.07) is 14.0. The van der Waals surface area contributed by atoms with Crippen molar-refractivity contribution in [1.29, 1.82) is 0 Å². The number of esters is 1. The SMILES string of the molecule is Nc1ccc(/C=C/C(=O)Oc2ccccc2)c(N)c1. The van der Waals surface area contributed by atoms with Crippen molar-refractivity contribution >= 4 is 23.4 Å². The molecule has 0 radical (unpaired) electrons. The fraction of sp³-hybridized carbons (Fsp3) is 0. The summed E-state index contributed by atoms with van der Waals surface area (Å²) >= 11 is 0. The first-order chi connectivity index (χ1) is 9.15. The van der Waals surface area contributed by atoms with Crippen molar-refractivity contribution in [3.63, 3.8) is 0 Å². The first-order valence-electron chi connectivity index (χ1n) is 5.75. The Kier molecular flexibility index (Phi) is 3.83. The fourth-order valence-electron chi connectivity index (χ4n) is 1.54. The molecule has 0 atom stereocenters. The number of anilines is 2. The van der Waals surface area contributed by atoms with Gasteiger partial charge in [-0.3, -0.25) is 0 Å². The van der Waals surface area contributed by atoms with Gasteiger partial charge >= 0.3 is 5.97 Å². The molecule has 0 fully saturated rings. The van der Waals surface area contributed by atoms with E-state index in [1.165, 1.54) is 6.08 Å². The number of hydrogen-bond donors (Lipinski definition) is 2. The molecule has 0 aromatic heterocycles. The molecule has 0 saturated carbocycles. The lowest BCUT2D eigenvalue weighted by molar-refractivity contribution is -0.128. The van der Waals surface area contributed by atoms with Gasteiger partial charge in [0.1, 0.15) is 5.75 Å². The summed E-state index contributed by atoms with van der Waals surface area (Å²) in [5, 5.41) is 0. The van der Waals surface area contributed by atoms with E-state index < -0.39 is 5.97 Å². The molecule has 0 unspecified atom stereocenters. The van der Waals surface area contributed by atoms with Crippen LogP contribution in [0.3, 0.4) is 0 Å². The van der Waals surface area contributed by atoms with Gasteiger partial charge in [0.2, 0.25) is 0 Å². The average Bonchev–Trinajstić information content (AvgIpc) is 2.39. The molecule has 0 amide bonds. The van der Waals surface area contributed by atoms with Gasteiger partial charge in [0.05, 0.1) is 0 Å². The molecule has 2 aromatic carbocycles. The number of nitrogens with two attached hydrogens (primary N) is 2. The van der Waals surface area contributed by atoms with Crippen LogP contribution in [0.5, 0.6) is 5.75 Å². The smallest absolute Gasteiger partial charge is 0.336 e. The molecule has 0 bridgehead atoms. The number of carbonyl (C=O) groups is 1. The van der Waals surface area contributed by atoms with Crippen molar-refractivity contribution in [2.45, 2.75) is 0 Å². The zero-order chi connectivity index (χ0) is 13.7. The van der Waals surface area contributed by atoms with Crippen molar-refractivity contribution in [3.05, 3.63) is 60.2 Å². The minimum atomic E-state index is -0.456. The molecule has 0 spiro atoms. The van der Waals surface area contributed by atoms with Crippen LogP contribution in [0, 0.1) is 0 Å². The lowest BCUT2D eigenvalue weighted by atomic mass is 10.1. The Bertz CT molecular complexity index is 607. The predicted octanol–water partition coefficient (Wildman–Crippen LogP) is 2.47.